The van der Waals surface area contributed by atoms with Crippen molar-refractivity contribution in [2.45, 2.75) is 13.0 Å². The first-order valence-corrected chi connectivity index (χ1v) is 5.31. The zero-order valence-electron chi connectivity index (χ0n) is 9.52. The number of aromatic nitrogens is 2. The fourth-order valence-corrected chi connectivity index (χ4v) is 2.03. The summed E-state index contributed by atoms with van der Waals surface area (Å²) in [5.41, 5.74) is 5.48. The van der Waals surface area contributed by atoms with Crippen LogP contribution in [0.5, 0.6) is 0 Å². The van der Waals surface area contributed by atoms with Crippen molar-refractivity contribution in [1.82, 2.24) is 14.9 Å². The summed E-state index contributed by atoms with van der Waals surface area (Å²) in [5.74, 6) is 0.0150. The van der Waals surface area contributed by atoms with Crippen LogP contribution in [0.4, 0.5) is 16.2 Å². The highest BCUT2D eigenvalue weighted by Gasteiger charge is 2.25. The third-order valence-electron chi connectivity index (χ3n) is 2.85. The molecule has 1 aromatic heterocycles. The van der Waals surface area contributed by atoms with Gasteiger partial charge in [0.05, 0.1) is 6.20 Å². The number of piperazine rings is 1. The average Bonchev–Trinajstić information content (AvgIpc) is 2.22. The molecule has 1 atom stereocenters. The highest BCUT2D eigenvalue weighted by Crippen LogP contribution is 2.21. The van der Waals surface area contributed by atoms with E-state index in [9.17, 15) is 4.39 Å². The van der Waals surface area contributed by atoms with Crippen molar-refractivity contribution in [3.63, 3.8) is 0 Å². The maximum atomic E-state index is 13.6. The lowest BCUT2D eigenvalue weighted by Crippen LogP contribution is -2.51. The topological polar surface area (TPSA) is 58.3 Å². The van der Waals surface area contributed by atoms with E-state index in [4.69, 9.17) is 5.73 Å². The van der Waals surface area contributed by atoms with Gasteiger partial charge in [0, 0.05) is 25.7 Å². The molecular formula is C10H16FN5. The normalized spacial score (nSPS) is 22.4. The molecule has 1 fully saturated rings. The highest BCUT2D eigenvalue weighted by atomic mass is 19.1. The number of halogens is 1. The predicted octanol–water partition coefficient (Wildman–Crippen LogP) is 0.338. The number of nitrogen functional groups attached to an aromatic ring is 1. The maximum Gasteiger partial charge on any atom is 0.222 e. The molecule has 0 amide bonds. The average molecular weight is 225 g/mol. The van der Waals surface area contributed by atoms with Gasteiger partial charge >= 0.3 is 0 Å². The van der Waals surface area contributed by atoms with E-state index in [0.29, 0.717) is 5.82 Å². The summed E-state index contributed by atoms with van der Waals surface area (Å²) < 4.78 is 13.6. The smallest absolute Gasteiger partial charge is 0.222 e. The van der Waals surface area contributed by atoms with Gasteiger partial charge in [-0.2, -0.15) is 4.98 Å². The summed E-state index contributed by atoms with van der Waals surface area (Å²) in [7, 11) is 2.05. The van der Waals surface area contributed by atoms with Crippen LogP contribution in [0.2, 0.25) is 0 Å². The number of likely N-dealkylation sites (N-methyl/N-ethyl adjacent to an activating group) is 1. The zero-order chi connectivity index (χ0) is 11.7. The number of nitrogens with two attached hydrogens (primary N) is 1. The Morgan fingerprint density at radius 2 is 2.25 bits per heavy atom. The minimum absolute atomic E-state index is 0.113. The molecule has 1 aromatic rings. The van der Waals surface area contributed by atoms with Crippen molar-refractivity contribution in [1.29, 1.82) is 0 Å². The van der Waals surface area contributed by atoms with Crippen LogP contribution in [0.3, 0.4) is 0 Å². The van der Waals surface area contributed by atoms with Crippen molar-refractivity contribution in [3.05, 3.63) is 12.0 Å². The number of hydrogen-bond donors (Lipinski definition) is 1. The molecule has 0 aliphatic carbocycles. The first-order chi connectivity index (χ1) is 7.58. The fourth-order valence-electron chi connectivity index (χ4n) is 2.03. The molecule has 0 bridgehead atoms. The van der Waals surface area contributed by atoms with Gasteiger partial charge in [0.1, 0.15) is 0 Å². The molecule has 2 N–H and O–H groups in total. The molecule has 0 saturated carbocycles. The zero-order valence-corrected chi connectivity index (χ0v) is 9.52. The molecule has 88 valence electrons. The minimum atomic E-state index is -0.411. The van der Waals surface area contributed by atoms with Crippen LogP contribution in [0.15, 0.2) is 6.20 Å². The van der Waals surface area contributed by atoms with Crippen LogP contribution in [0.1, 0.15) is 6.92 Å². The van der Waals surface area contributed by atoms with Gasteiger partial charge in [-0.1, -0.05) is 0 Å². The molecule has 1 saturated heterocycles. The molecule has 2 rings (SSSR count). The molecule has 6 heteroatoms. The molecule has 16 heavy (non-hydrogen) atoms. The predicted molar refractivity (Wildman–Crippen MR) is 60.7 cm³/mol. The molecule has 2 heterocycles. The number of rotatable bonds is 1. The van der Waals surface area contributed by atoms with Crippen molar-refractivity contribution < 1.29 is 4.39 Å². The van der Waals surface area contributed by atoms with Gasteiger partial charge in [-0.25, -0.2) is 9.37 Å². The Morgan fingerprint density at radius 3 is 2.94 bits per heavy atom. The van der Waals surface area contributed by atoms with E-state index >= 15 is 0 Å². The highest BCUT2D eigenvalue weighted by molar-refractivity contribution is 5.44. The standard InChI is InChI=1S/C10H16FN5/c1-7-6-15(2)3-4-16(7)9-8(11)5-13-10(12)14-9/h5,7H,3-4,6H2,1-2H3,(H2,12,13,14). The summed E-state index contributed by atoms with van der Waals surface area (Å²) in [6, 6.07) is 0.225. The number of nitrogens with zero attached hydrogens (tertiary/aromatic N) is 4. The quantitative estimate of drug-likeness (QED) is 0.746. The second-order valence-corrected chi connectivity index (χ2v) is 4.20. The lowest BCUT2D eigenvalue weighted by atomic mass is 10.2. The summed E-state index contributed by atoms with van der Waals surface area (Å²) in [5, 5.41) is 0. The molecule has 1 aliphatic heterocycles. The van der Waals surface area contributed by atoms with Gasteiger partial charge in [0.25, 0.3) is 0 Å². The van der Waals surface area contributed by atoms with E-state index in [0.717, 1.165) is 25.8 Å². The summed E-state index contributed by atoms with van der Waals surface area (Å²) in [6.45, 7) is 4.59. The van der Waals surface area contributed by atoms with E-state index in [-0.39, 0.29) is 12.0 Å². The SMILES string of the molecule is CC1CN(C)CCN1c1nc(N)ncc1F. The Balaban J connectivity index is 2.26. The van der Waals surface area contributed by atoms with Crippen LogP contribution < -0.4 is 10.6 Å². The largest absolute Gasteiger partial charge is 0.368 e. The van der Waals surface area contributed by atoms with Gasteiger partial charge in [-0.15, -0.1) is 0 Å². The molecular weight excluding hydrogens is 209 g/mol. The van der Waals surface area contributed by atoms with Crippen LogP contribution >= 0.6 is 0 Å². The molecule has 5 nitrogen and oxygen atoms in total. The number of hydrogen-bond acceptors (Lipinski definition) is 5. The van der Waals surface area contributed by atoms with Crippen LogP contribution in [-0.4, -0.2) is 47.6 Å². The first kappa shape index (κ1) is 11.1. The third-order valence-corrected chi connectivity index (χ3v) is 2.85. The van der Waals surface area contributed by atoms with Gasteiger partial charge < -0.3 is 15.5 Å². The Kier molecular flexibility index (Phi) is 2.91. The Morgan fingerprint density at radius 1 is 1.50 bits per heavy atom. The lowest BCUT2D eigenvalue weighted by molar-refractivity contribution is 0.273. The van der Waals surface area contributed by atoms with Crippen molar-refractivity contribution in [2.24, 2.45) is 0 Å². The Bertz CT molecular complexity index is 383. The lowest BCUT2D eigenvalue weighted by Gasteiger charge is -2.38. The van der Waals surface area contributed by atoms with Gasteiger partial charge in [0.2, 0.25) is 5.95 Å². The molecule has 1 unspecified atom stereocenters. The third kappa shape index (κ3) is 2.06. The van der Waals surface area contributed by atoms with E-state index in [2.05, 4.69) is 21.9 Å². The number of anilines is 2. The van der Waals surface area contributed by atoms with Crippen molar-refractivity contribution >= 4 is 11.8 Å². The first-order valence-electron chi connectivity index (χ1n) is 5.31. The summed E-state index contributed by atoms with van der Waals surface area (Å²) >= 11 is 0. The molecule has 0 aromatic carbocycles. The fraction of sp³-hybridized carbons (Fsp3) is 0.600. The molecule has 1 aliphatic rings. The van der Waals surface area contributed by atoms with E-state index < -0.39 is 5.82 Å². The van der Waals surface area contributed by atoms with Crippen molar-refractivity contribution in [3.8, 4) is 0 Å². The van der Waals surface area contributed by atoms with Crippen LogP contribution in [0, 0.1) is 5.82 Å². The van der Waals surface area contributed by atoms with Gasteiger partial charge in [-0.3, -0.25) is 0 Å². The summed E-state index contributed by atoms with van der Waals surface area (Å²) in [6.07, 6.45) is 1.13. The van der Waals surface area contributed by atoms with Gasteiger partial charge in [-0.05, 0) is 14.0 Å². The minimum Gasteiger partial charge on any atom is -0.368 e. The molecule has 0 spiro atoms. The Hall–Kier alpha value is -1.43. The second-order valence-electron chi connectivity index (χ2n) is 4.20. The van der Waals surface area contributed by atoms with E-state index in [1.54, 1.807) is 0 Å². The summed E-state index contributed by atoms with van der Waals surface area (Å²) in [4.78, 5) is 11.7. The van der Waals surface area contributed by atoms with E-state index in [1.807, 2.05) is 11.8 Å². The van der Waals surface area contributed by atoms with E-state index in [1.165, 1.54) is 0 Å². The molecule has 0 radical (unpaired) electrons. The second kappa shape index (κ2) is 4.21. The van der Waals surface area contributed by atoms with Crippen LogP contribution in [-0.2, 0) is 0 Å². The monoisotopic (exact) mass is 225 g/mol. The Labute approximate surface area is 94.1 Å². The van der Waals surface area contributed by atoms with Crippen LogP contribution in [0.25, 0.3) is 0 Å². The van der Waals surface area contributed by atoms with Crippen molar-refractivity contribution in [2.75, 3.05) is 37.3 Å². The maximum absolute atomic E-state index is 13.6. The van der Waals surface area contributed by atoms with Gasteiger partial charge in [0.15, 0.2) is 11.6 Å².